The van der Waals surface area contributed by atoms with Crippen molar-refractivity contribution in [2.45, 2.75) is 29.9 Å². The van der Waals surface area contributed by atoms with Crippen molar-refractivity contribution in [3.63, 3.8) is 0 Å². The third-order valence-electron chi connectivity index (χ3n) is 2.33. The van der Waals surface area contributed by atoms with Gasteiger partial charge in [0.2, 0.25) is 0 Å². The number of nitrogens with zero attached hydrogens (tertiary/aromatic N) is 4. The van der Waals surface area contributed by atoms with E-state index >= 15 is 0 Å². The first kappa shape index (κ1) is 13.0. The van der Waals surface area contributed by atoms with Gasteiger partial charge in [0.1, 0.15) is 0 Å². The van der Waals surface area contributed by atoms with Crippen molar-refractivity contribution in [2.75, 3.05) is 6.54 Å². The molecule has 5 nitrogen and oxygen atoms in total. The highest BCUT2D eigenvalue weighted by molar-refractivity contribution is 7.99. The maximum atomic E-state index is 4.34. The molecule has 1 N–H and O–H groups in total. The minimum atomic E-state index is 0.752. The lowest BCUT2D eigenvalue weighted by molar-refractivity contribution is 0.669. The minimum Gasteiger partial charge on any atom is -0.313 e. The molecule has 0 amide bonds. The van der Waals surface area contributed by atoms with Gasteiger partial charge in [-0.15, -0.1) is 0 Å². The summed E-state index contributed by atoms with van der Waals surface area (Å²) in [5, 5.41) is 8.19. The van der Waals surface area contributed by atoms with E-state index in [9.17, 15) is 0 Å². The standard InChI is InChI=1S/C12H17N5S/c1-3-4-13-5-10-6-14-12(15-7-10)18-11-8-16-17(2)9-11/h6-9,13H,3-5H2,1-2H3. The van der Waals surface area contributed by atoms with E-state index in [1.165, 1.54) is 11.8 Å². The van der Waals surface area contributed by atoms with Crippen molar-refractivity contribution in [3.05, 3.63) is 30.4 Å². The summed E-state index contributed by atoms with van der Waals surface area (Å²) in [5.41, 5.74) is 1.11. The second kappa shape index (κ2) is 6.51. The van der Waals surface area contributed by atoms with E-state index < -0.39 is 0 Å². The number of hydrogen-bond donors (Lipinski definition) is 1. The van der Waals surface area contributed by atoms with Crippen LogP contribution in [-0.2, 0) is 13.6 Å². The number of rotatable bonds is 6. The predicted molar refractivity (Wildman–Crippen MR) is 71.4 cm³/mol. The van der Waals surface area contributed by atoms with Gasteiger partial charge < -0.3 is 5.32 Å². The Bertz CT molecular complexity index is 479. The summed E-state index contributed by atoms with van der Waals surface area (Å²) < 4.78 is 1.77. The Labute approximate surface area is 111 Å². The van der Waals surface area contributed by atoms with Crippen LogP contribution in [0.5, 0.6) is 0 Å². The lowest BCUT2D eigenvalue weighted by Gasteiger charge is -2.03. The molecule has 96 valence electrons. The summed E-state index contributed by atoms with van der Waals surface area (Å²) in [6.07, 6.45) is 8.63. The van der Waals surface area contributed by atoms with Crippen LogP contribution in [0.2, 0.25) is 0 Å². The molecule has 0 aromatic carbocycles. The molecule has 0 saturated carbocycles. The molecule has 0 unspecified atom stereocenters. The van der Waals surface area contributed by atoms with Gasteiger partial charge in [0.15, 0.2) is 5.16 Å². The third kappa shape index (κ3) is 3.82. The van der Waals surface area contributed by atoms with Gasteiger partial charge in [-0.1, -0.05) is 6.92 Å². The highest BCUT2D eigenvalue weighted by Crippen LogP contribution is 2.22. The lowest BCUT2D eigenvalue weighted by atomic mass is 10.3. The zero-order valence-electron chi connectivity index (χ0n) is 10.6. The van der Waals surface area contributed by atoms with E-state index in [0.29, 0.717) is 0 Å². The average molecular weight is 263 g/mol. The fourth-order valence-corrected chi connectivity index (χ4v) is 2.18. The topological polar surface area (TPSA) is 55.6 Å². The zero-order valence-corrected chi connectivity index (χ0v) is 11.4. The van der Waals surface area contributed by atoms with Gasteiger partial charge in [0, 0.05) is 37.7 Å². The van der Waals surface area contributed by atoms with Gasteiger partial charge in [-0.25, -0.2) is 9.97 Å². The van der Waals surface area contributed by atoms with Crippen LogP contribution < -0.4 is 5.32 Å². The molecule has 6 heteroatoms. The Morgan fingerprint density at radius 3 is 2.67 bits per heavy atom. The van der Waals surface area contributed by atoms with E-state index in [2.05, 4.69) is 27.3 Å². The summed E-state index contributed by atoms with van der Waals surface area (Å²) in [6.45, 7) is 4.00. The Morgan fingerprint density at radius 1 is 1.28 bits per heavy atom. The number of aromatic nitrogens is 4. The van der Waals surface area contributed by atoms with Gasteiger partial charge in [-0.3, -0.25) is 4.68 Å². The molecular formula is C12H17N5S. The second-order valence-corrected chi connectivity index (χ2v) is 5.04. The molecule has 2 heterocycles. The Kier molecular flexibility index (Phi) is 4.72. The molecule has 18 heavy (non-hydrogen) atoms. The molecule has 0 spiro atoms. The van der Waals surface area contributed by atoms with E-state index in [1.54, 1.807) is 4.68 Å². The van der Waals surface area contributed by atoms with Gasteiger partial charge in [-0.2, -0.15) is 5.10 Å². The van der Waals surface area contributed by atoms with Crippen LogP contribution in [0.1, 0.15) is 18.9 Å². The maximum absolute atomic E-state index is 4.34. The molecule has 2 aromatic rings. The van der Waals surface area contributed by atoms with E-state index in [4.69, 9.17) is 0 Å². The predicted octanol–water partition coefficient (Wildman–Crippen LogP) is 1.86. The summed E-state index contributed by atoms with van der Waals surface area (Å²) in [7, 11) is 1.90. The fourth-order valence-electron chi connectivity index (χ4n) is 1.45. The molecule has 0 aliphatic heterocycles. The molecule has 0 saturated heterocycles. The SMILES string of the molecule is CCCNCc1cnc(Sc2cnn(C)c2)nc1. The monoisotopic (exact) mass is 263 g/mol. The average Bonchev–Trinajstić information content (AvgIpc) is 2.77. The van der Waals surface area contributed by atoms with Crippen LogP contribution >= 0.6 is 11.8 Å². The molecule has 0 atom stereocenters. The Balaban J connectivity index is 1.91. The number of aryl methyl sites for hydroxylation is 1. The van der Waals surface area contributed by atoms with Crippen molar-refractivity contribution in [1.29, 1.82) is 0 Å². The summed E-state index contributed by atoms with van der Waals surface area (Å²) in [6, 6.07) is 0. The Morgan fingerprint density at radius 2 is 2.06 bits per heavy atom. The normalized spacial score (nSPS) is 10.8. The molecule has 2 aromatic heterocycles. The quantitative estimate of drug-likeness (QED) is 0.637. The smallest absolute Gasteiger partial charge is 0.192 e. The van der Waals surface area contributed by atoms with Crippen molar-refractivity contribution < 1.29 is 0 Å². The van der Waals surface area contributed by atoms with Crippen LogP contribution in [-0.4, -0.2) is 26.3 Å². The highest BCUT2D eigenvalue weighted by atomic mass is 32.2. The van der Waals surface area contributed by atoms with Crippen LogP contribution in [0.3, 0.4) is 0 Å². The van der Waals surface area contributed by atoms with E-state index in [0.717, 1.165) is 35.1 Å². The number of nitrogens with one attached hydrogen (secondary N) is 1. The minimum absolute atomic E-state index is 0.752. The van der Waals surface area contributed by atoms with Crippen molar-refractivity contribution in [1.82, 2.24) is 25.1 Å². The van der Waals surface area contributed by atoms with Crippen LogP contribution in [0, 0.1) is 0 Å². The molecule has 0 bridgehead atoms. The molecule has 0 fully saturated rings. The molecule has 0 aliphatic rings. The first-order valence-corrected chi connectivity index (χ1v) is 6.77. The highest BCUT2D eigenvalue weighted by Gasteiger charge is 2.02. The van der Waals surface area contributed by atoms with Crippen molar-refractivity contribution in [2.24, 2.45) is 7.05 Å². The van der Waals surface area contributed by atoms with Crippen LogP contribution in [0.25, 0.3) is 0 Å². The molecule has 0 aliphatic carbocycles. The molecule has 2 rings (SSSR count). The summed E-state index contributed by atoms with van der Waals surface area (Å²) in [5.74, 6) is 0. The van der Waals surface area contributed by atoms with E-state index in [-0.39, 0.29) is 0 Å². The zero-order chi connectivity index (χ0) is 12.8. The largest absolute Gasteiger partial charge is 0.313 e. The first-order valence-electron chi connectivity index (χ1n) is 5.96. The summed E-state index contributed by atoms with van der Waals surface area (Å²) >= 11 is 1.52. The van der Waals surface area contributed by atoms with Crippen LogP contribution in [0.4, 0.5) is 0 Å². The lowest BCUT2D eigenvalue weighted by Crippen LogP contribution is -2.14. The van der Waals surface area contributed by atoms with Gasteiger partial charge >= 0.3 is 0 Å². The van der Waals surface area contributed by atoms with Gasteiger partial charge in [-0.05, 0) is 24.7 Å². The van der Waals surface area contributed by atoms with E-state index in [1.807, 2.05) is 31.8 Å². The van der Waals surface area contributed by atoms with Crippen LogP contribution in [0.15, 0.2) is 34.8 Å². The first-order chi connectivity index (χ1) is 8.78. The fraction of sp³-hybridized carbons (Fsp3) is 0.417. The molecular weight excluding hydrogens is 246 g/mol. The molecule has 0 radical (unpaired) electrons. The third-order valence-corrected chi connectivity index (χ3v) is 3.17. The van der Waals surface area contributed by atoms with Crippen molar-refractivity contribution in [3.8, 4) is 0 Å². The van der Waals surface area contributed by atoms with Crippen molar-refractivity contribution >= 4 is 11.8 Å². The maximum Gasteiger partial charge on any atom is 0.192 e. The van der Waals surface area contributed by atoms with Gasteiger partial charge in [0.05, 0.1) is 11.1 Å². The Hall–Kier alpha value is -1.40. The van der Waals surface area contributed by atoms with Gasteiger partial charge in [0.25, 0.3) is 0 Å². The number of hydrogen-bond acceptors (Lipinski definition) is 5. The second-order valence-electron chi connectivity index (χ2n) is 4.00. The summed E-state index contributed by atoms with van der Waals surface area (Å²) in [4.78, 5) is 9.72.